The van der Waals surface area contributed by atoms with Crippen molar-refractivity contribution in [3.63, 3.8) is 0 Å². The number of non-ortho nitro benzene ring substituents is 1. The van der Waals surface area contributed by atoms with Gasteiger partial charge in [-0.25, -0.2) is 0 Å². The maximum Gasteiger partial charge on any atom is 0.270 e. The molecule has 94 valence electrons. The molecule has 0 N–H and O–H groups in total. The number of hydrogen-bond donors (Lipinski definition) is 0. The van der Waals surface area contributed by atoms with E-state index in [0.717, 1.165) is 5.56 Å². The van der Waals surface area contributed by atoms with Crippen molar-refractivity contribution < 1.29 is 9.72 Å². The van der Waals surface area contributed by atoms with E-state index in [1.807, 2.05) is 0 Å². The van der Waals surface area contributed by atoms with Crippen molar-refractivity contribution in [3.05, 3.63) is 81.9 Å². The number of nitro groups is 1. The second-order valence-electron chi connectivity index (χ2n) is 3.96. The van der Waals surface area contributed by atoms with E-state index in [1.165, 1.54) is 18.2 Å². The molecule has 2 aromatic rings. The van der Waals surface area contributed by atoms with Gasteiger partial charge in [0.05, 0.1) is 4.92 Å². The molecule has 0 aliphatic rings. The molecule has 0 amide bonds. The van der Waals surface area contributed by atoms with E-state index >= 15 is 0 Å². The molecule has 0 aromatic heterocycles. The molecule has 0 fully saturated rings. The maximum atomic E-state index is 12.2. The van der Waals surface area contributed by atoms with Crippen LogP contribution < -0.4 is 0 Å². The second kappa shape index (κ2) is 5.27. The van der Waals surface area contributed by atoms with Crippen LogP contribution in [0.3, 0.4) is 0 Å². The smallest absolute Gasteiger partial charge is 0.270 e. The number of benzene rings is 2. The zero-order chi connectivity index (χ0) is 13.8. The second-order valence-corrected chi connectivity index (χ2v) is 3.96. The van der Waals surface area contributed by atoms with Gasteiger partial charge in [0.15, 0.2) is 5.78 Å². The van der Waals surface area contributed by atoms with Gasteiger partial charge >= 0.3 is 0 Å². The van der Waals surface area contributed by atoms with Crippen molar-refractivity contribution in [2.24, 2.45) is 0 Å². The summed E-state index contributed by atoms with van der Waals surface area (Å²) in [6.45, 7) is 3.63. The van der Waals surface area contributed by atoms with Crippen LogP contribution in [0.5, 0.6) is 0 Å². The van der Waals surface area contributed by atoms with Crippen LogP contribution in [-0.4, -0.2) is 10.7 Å². The van der Waals surface area contributed by atoms with Gasteiger partial charge in [0.1, 0.15) is 0 Å². The van der Waals surface area contributed by atoms with Gasteiger partial charge in [-0.2, -0.15) is 0 Å². The Morgan fingerprint density at radius 2 is 1.79 bits per heavy atom. The summed E-state index contributed by atoms with van der Waals surface area (Å²) in [5.41, 5.74) is 1.62. The molecule has 0 heterocycles. The monoisotopic (exact) mass is 253 g/mol. The molecule has 0 saturated heterocycles. The van der Waals surface area contributed by atoms with Crippen LogP contribution >= 0.6 is 0 Å². The molecule has 0 atom stereocenters. The molecule has 2 rings (SSSR count). The first kappa shape index (κ1) is 12.7. The number of ketones is 1. The van der Waals surface area contributed by atoms with Crippen LogP contribution in [0.2, 0.25) is 0 Å². The van der Waals surface area contributed by atoms with Crippen molar-refractivity contribution in [1.82, 2.24) is 0 Å². The molecule has 0 aliphatic heterocycles. The third-order valence-corrected chi connectivity index (χ3v) is 2.73. The fourth-order valence-corrected chi connectivity index (χ4v) is 1.70. The molecule has 0 radical (unpaired) electrons. The predicted molar refractivity (Wildman–Crippen MR) is 73.1 cm³/mol. The normalized spacial score (nSPS) is 9.89. The summed E-state index contributed by atoms with van der Waals surface area (Å²) < 4.78 is 0. The topological polar surface area (TPSA) is 60.2 Å². The molecule has 2 aromatic carbocycles. The Morgan fingerprint density at radius 3 is 2.37 bits per heavy atom. The largest absolute Gasteiger partial charge is 0.289 e. The first-order chi connectivity index (χ1) is 9.11. The van der Waals surface area contributed by atoms with Gasteiger partial charge in [-0.15, -0.1) is 0 Å². The highest BCUT2D eigenvalue weighted by atomic mass is 16.6. The quantitative estimate of drug-likeness (QED) is 0.476. The average Bonchev–Trinajstić information content (AvgIpc) is 2.46. The van der Waals surface area contributed by atoms with Crippen LogP contribution in [-0.2, 0) is 0 Å². The van der Waals surface area contributed by atoms with E-state index in [-0.39, 0.29) is 11.5 Å². The predicted octanol–water partition coefficient (Wildman–Crippen LogP) is 3.47. The Morgan fingerprint density at radius 1 is 1.11 bits per heavy atom. The number of nitro benzene ring substituents is 1. The standard InChI is InChI=1S/C15H11NO3/c1-2-11-6-8-12(9-7-11)15(17)13-4-3-5-14(10-13)16(18)19/h2-10H,1H2. The van der Waals surface area contributed by atoms with Gasteiger partial charge < -0.3 is 0 Å². The summed E-state index contributed by atoms with van der Waals surface area (Å²) in [4.78, 5) is 22.3. The maximum absolute atomic E-state index is 12.2. The van der Waals surface area contributed by atoms with Crippen LogP contribution in [0.4, 0.5) is 5.69 Å². The number of carbonyl (C=O) groups excluding carboxylic acids is 1. The zero-order valence-corrected chi connectivity index (χ0v) is 10.1. The molecular weight excluding hydrogens is 242 g/mol. The minimum Gasteiger partial charge on any atom is -0.289 e. The first-order valence-electron chi connectivity index (χ1n) is 5.63. The van der Waals surface area contributed by atoms with Crippen molar-refractivity contribution in [1.29, 1.82) is 0 Å². The van der Waals surface area contributed by atoms with Crippen molar-refractivity contribution >= 4 is 17.5 Å². The van der Waals surface area contributed by atoms with Crippen LogP contribution in [0.15, 0.2) is 55.1 Å². The average molecular weight is 253 g/mol. The van der Waals surface area contributed by atoms with Crippen LogP contribution in [0.25, 0.3) is 6.08 Å². The van der Waals surface area contributed by atoms with Crippen LogP contribution in [0.1, 0.15) is 21.5 Å². The van der Waals surface area contributed by atoms with E-state index in [4.69, 9.17) is 0 Å². The molecule has 4 heteroatoms. The summed E-state index contributed by atoms with van der Waals surface area (Å²) in [6.07, 6.45) is 1.68. The third kappa shape index (κ3) is 2.74. The lowest BCUT2D eigenvalue weighted by molar-refractivity contribution is -0.384. The molecule has 19 heavy (non-hydrogen) atoms. The number of carbonyl (C=O) groups is 1. The molecule has 0 saturated carbocycles. The van der Waals surface area contributed by atoms with E-state index in [2.05, 4.69) is 6.58 Å². The lowest BCUT2D eigenvalue weighted by atomic mass is 10.0. The number of rotatable bonds is 4. The van der Waals surface area contributed by atoms with E-state index < -0.39 is 4.92 Å². The lowest BCUT2D eigenvalue weighted by Gasteiger charge is -2.02. The summed E-state index contributed by atoms with van der Waals surface area (Å²) >= 11 is 0. The van der Waals surface area contributed by atoms with Crippen molar-refractivity contribution in [2.45, 2.75) is 0 Å². The number of nitrogens with zero attached hydrogens (tertiary/aromatic N) is 1. The van der Waals surface area contributed by atoms with Gasteiger partial charge in [-0.05, 0) is 5.56 Å². The van der Waals surface area contributed by atoms with Crippen molar-refractivity contribution in [2.75, 3.05) is 0 Å². The SMILES string of the molecule is C=Cc1ccc(C(=O)c2cccc([N+](=O)[O-])c2)cc1. The summed E-state index contributed by atoms with van der Waals surface area (Å²) in [7, 11) is 0. The van der Waals surface area contributed by atoms with Gasteiger partial charge in [-0.3, -0.25) is 14.9 Å². The fraction of sp³-hybridized carbons (Fsp3) is 0. The van der Waals surface area contributed by atoms with Crippen LogP contribution in [0, 0.1) is 10.1 Å². The van der Waals surface area contributed by atoms with Gasteiger partial charge in [0, 0.05) is 23.3 Å². The zero-order valence-electron chi connectivity index (χ0n) is 10.1. The molecular formula is C15H11NO3. The molecule has 0 unspecified atom stereocenters. The van der Waals surface area contributed by atoms with E-state index in [1.54, 1.807) is 36.4 Å². The van der Waals surface area contributed by atoms with Crippen molar-refractivity contribution in [3.8, 4) is 0 Å². The summed E-state index contributed by atoms with van der Waals surface area (Å²) in [5, 5.41) is 10.7. The lowest BCUT2D eigenvalue weighted by Crippen LogP contribution is -2.02. The van der Waals surface area contributed by atoms with E-state index in [9.17, 15) is 14.9 Å². The Kier molecular flexibility index (Phi) is 3.52. The fourth-order valence-electron chi connectivity index (χ4n) is 1.70. The molecule has 4 nitrogen and oxygen atoms in total. The summed E-state index contributed by atoms with van der Waals surface area (Å²) in [5.74, 6) is -0.237. The Bertz CT molecular complexity index is 645. The molecule has 0 spiro atoms. The summed E-state index contributed by atoms with van der Waals surface area (Å²) in [6, 6.07) is 12.6. The van der Waals surface area contributed by atoms with Gasteiger partial charge in [0.25, 0.3) is 5.69 Å². The highest BCUT2D eigenvalue weighted by Gasteiger charge is 2.13. The number of hydrogen-bond acceptors (Lipinski definition) is 3. The van der Waals surface area contributed by atoms with E-state index in [0.29, 0.717) is 11.1 Å². The third-order valence-electron chi connectivity index (χ3n) is 2.73. The highest BCUT2D eigenvalue weighted by molar-refractivity contribution is 6.09. The van der Waals surface area contributed by atoms with Gasteiger partial charge in [-0.1, -0.05) is 49.1 Å². The Hall–Kier alpha value is -2.75. The molecule has 0 aliphatic carbocycles. The molecule has 0 bridgehead atoms. The first-order valence-corrected chi connectivity index (χ1v) is 5.63. The minimum atomic E-state index is -0.516. The van der Waals surface area contributed by atoms with Gasteiger partial charge in [0.2, 0.25) is 0 Å². The Balaban J connectivity index is 2.35. The Labute approximate surface area is 110 Å². The minimum absolute atomic E-state index is 0.0893. The highest BCUT2D eigenvalue weighted by Crippen LogP contribution is 2.17.